The van der Waals surface area contributed by atoms with Gasteiger partial charge in [0.2, 0.25) is 0 Å². The number of benzene rings is 1. The lowest BCUT2D eigenvalue weighted by Gasteiger charge is -2.32. The Kier molecular flexibility index (Phi) is 2.99. The molecule has 0 saturated heterocycles. The van der Waals surface area contributed by atoms with Crippen LogP contribution in [0.1, 0.15) is 20.8 Å². The maximum absolute atomic E-state index is 5.76. The van der Waals surface area contributed by atoms with Crippen LogP contribution in [-0.2, 0) is 11.8 Å². The molecule has 0 bridgehead atoms. The van der Waals surface area contributed by atoms with Gasteiger partial charge in [-0.05, 0) is 23.2 Å². The van der Waals surface area contributed by atoms with Gasteiger partial charge in [0.05, 0.1) is 0 Å². The van der Waals surface area contributed by atoms with E-state index < -0.39 is 6.04 Å². The van der Waals surface area contributed by atoms with E-state index in [0.717, 1.165) is 0 Å². The van der Waals surface area contributed by atoms with Crippen LogP contribution in [0.15, 0.2) is 30.3 Å². The average Bonchev–Trinajstić information content (AvgIpc) is 2.04. The number of rotatable bonds is 1. The molecule has 0 unspecified atom stereocenters. The first kappa shape index (κ1) is 10.9. The molecule has 1 aromatic rings. The van der Waals surface area contributed by atoms with Crippen molar-refractivity contribution in [3.05, 3.63) is 30.3 Å². The summed E-state index contributed by atoms with van der Waals surface area (Å²) in [6.07, 6.45) is 0. The molecule has 2 heteroatoms. The quantitative estimate of drug-likeness (QED) is 0.644. The minimum Gasteiger partial charge on any atom is -0.0923 e. The van der Waals surface area contributed by atoms with Crippen molar-refractivity contribution in [2.45, 2.75) is 25.9 Å². The number of hydrogen-bond donors (Lipinski definition) is 0. The van der Waals surface area contributed by atoms with Crippen LogP contribution in [0.25, 0.3) is 0 Å². The van der Waals surface area contributed by atoms with Crippen molar-refractivity contribution in [2.24, 2.45) is 0 Å². The van der Waals surface area contributed by atoms with E-state index in [0.29, 0.717) is 0 Å². The summed E-state index contributed by atoms with van der Waals surface area (Å²) < 4.78 is 0. The predicted molar refractivity (Wildman–Crippen MR) is 66.0 cm³/mol. The second-order valence-corrected chi connectivity index (χ2v) is 10.3. The third-order valence-electron chi connectivity index (χ3n) is 2.53. The highest BCUT2D eigenvalue weighted by molar-refractivity contribution is 8.18. The minimum atomic E-state index is -1.40. The summed E-state index contributed by atoms with van der Waals surface area (Å²) in [6.45, 7) is 8.94. The van der Waals surface area contributed by atoms with E-state index in [2.05, 4.69) is 51.7 Å². The molecule has 0 saturated carbocycles. The average molecular weight is 212 g/mol. The van der Waals surface area contributed by atoms with Gasteiger partial charge in [0, 0.05) is 0 Å². The molecule has 0 amide bonds. The van der Waals surface area contributed by atoms with Crippen molar-refractivity contribution >= 4 is 23.1 Å². The zero-order valence-electron chi connectivity index (χ0n) is 8.74. The lowest BCUT2D eigenvalue weighted by Crippen LogP contribution is -2.21. The van der Waals surface area contributed by atoms with Crippen molar-refractivity contribution in [3.63, 3.8) is 0 Å². The Labute approximate surface area is 86.4 Å². The Bertz CT molecular complexity index is 322. The topological polar surface area (TPSA) is 0 Å². The Balaban J connectivity index is 3.17. The summed E-state index contributed by atoms with van der Waals surface area (Å²) in [5.74, 6) is 0. The Morgan fingerprint density at radius 3 is 1.92 bits per heavy atom. The van der Waals surface area contributed by atoms with Crippen molar-refractivity contribution < 1.29 is 0 Å². The van der Waals surface area contributed by atoms with Crippen molar-refractivity contribution in [3.8, 4) is 0 Å². The SMILES string of the molecule is CC(C)(C)[P@](C)(=S)c1ccccc1. The smallest absolute Gasteiger partial charge is 0.00538 e. The number of hydrogen-bond acceptors (Lipinski definition) is 1. The lowest BCUT2D eigenvalue weighted by atomic mass is 10.3. The molecule has 1 aromatic carbocycles. The van der Waals surface area contributed by atoms with Gasteiger partial charge in [0.25, 0.3) is 0 Å². The fourth-order valence-electron chi connectivity index (χ4n) is 1.10. The first-order chi connectivity index (χ1) is 5.86. The monoisotopic (exact) mass is 212 g/mol. The van der Waals surface area contributed by atoms with Crippen LogP contribution in [0.4, 0.5) is 0 Å². The largest absolute Gasteiger partial charge is 0.0923 e. The van der Waals surface area contributed by atoms with E-state index in [1.54, 1.807) is 0 Å². The second kappa shape index (κ2) is 3.55. The van der Waals surface area contributed by atoms with Crippen LogP contribution in [0.5, 0.6) is 0 Å². The molecular formula is C11H17PS. The first-order valence-electron chi connectivity index (χ1n) is 4.49. The standard InChI is InChI=1S/C11H17PS/c1-11(2,3)12(4,13)10-8-6-5-7-9-10/h5-9H,1-4H3/t12-/m1/s1. The molecule has 0 radical (unpaired) electrons. The van der Waals surface area contributed by atoms with E-state index in [4.69, 9.17) is 11.8 Å². The molecule has 0 aliphatic carbocycles. The summed E-state index contributed by atoms with van der Waals surface area (Å²) in [5, 5.41) is 1.57. The highest BCUT2D eigenvalue weighted by Gasteiger charge is 2.28. The second-order valence-electron chi connectivity index (χ2n) is 4.43. The van der Waals surface area contributed by atoms with E-state index in [1.807, 2.05) is 6.07 Å². The van der Waals surface area contributed by atoms with Crippen LogP contribution >= 0.6 is 6.04 Å². The first-order valence-corrected chi connectivity index (χ1v) is 7.74. The van der Waals surface area contributed by atoms with Crippen LogP contribution < -0.4 is 5.30 Å². The summed E-state index contributed by atoms with van der Waals surface area (Å²) in [4.78, 5) is 0. The minimum absolute atomic E-state index is 0.226. The van der Waals surface area contributed by atoms with Crippen LogP contribution in [0.2, 0.25) is 0 Å². The van der Waals surface area contributed by atoms with Crippen LogP contribution in [0, 0.1) is 0 Å². The molecule has 0 spiro atoms. The Morgan fingerprint density at radius 1 is 1.08 bits per heavy atom. The van der Waals surface area contributed by atoms with Gasteiger partial charge in [-0.3, -0.25) is 0 Å². The van der Waals surface area contributed by atoms with E-state index >= 15 is 0 Å². The van der Waals surface area contributed by atoms with Gasteiger partial charge in [-0.2, -0.15) is 0 Å². The third kappa shape index (κ3) is 2.21. The van der Waals surface area contributed by atoms with Crippen molar-refractivity contribution in [1.29, 1.82) is 0 Å². The fourth-order valence-corrected chi connectivity index (χ4v) is 2.98. The molecule has 1 atom stereocenters. The zero-order valence-corrected chi connectivity index (χ0v) is 10.5. The summed E-state index contributed by atoms with van der Waals surface area (Å²) in [7, 11) is 0. The Morgan fingerprint density at radius 2 is 1.54 bits per heavy atom. The Hall–Kier alpha value is -0.130. The van der Waals surface area contributed by atoms with E-state index in [9.17, 15) is 0 Å². The third-order valence-corrected chi connectivity index (χ3v) is 8.65. The zero-order chi connectivity index (χ0) is 10.1. The van der Waals surface area contributed by atoms with Gasteiger partial charge in [0.1, 0.15) is 0 Å². The lowest BCUT2D eigenvalue weighted by molar-refractivity contribution is 0.789. The van der Waals surface area contributed by atoms with Crippen molar-refractivity contribution in [1.82, 2.24) is 0 Å². The summed E-state index contributed by atoms with van der Waals surface area (Å²) in [6, 6.07) is 9.12. The maximum Gasteiger partial charge on any atom is -0.00538 e. The fraction of sp³-hybridized carbons (Fsp3) is 0.455. The molecule has 1 rings (SSSR count). The normalized spacial score (nSPS) is 16.6. The van der Waals surface area contributed by atoms with Crippen LogP contribution in [-0.4, -0.2) is 11.8 Å². The van der Waals surface area contributed by atoms with Gasteiger partial charge in [0.15, 0.2) is 0 Å². The molecule has 0 aromatic heterocycles. The molecule has 0 heterocycles. The molecule has 0 N–H and O–H groups in total. The molecule has 0 fully saturated rings. The summed E-state index contributed by atoms with van der Waals surface area (Å²) in [5.41, 5.74) is 0. The molecule has 72 valence electrons. The van der Waals surface area contributed by atoms with E-state index in [1.165, 1.54) is 5.30 Å². The molecule has 13 heavy (non-hydrogen) atoms. The molecule has 0 nitrogen and oxygen atoms in total. The van der Waals surface area contributed by atoms with Gasteiger partial charge in [-0.1, -0.05) is 62.9 Å². The van der Waals surface area contributed by atoms with Gasteiger partial charge < -0.3 is 0 Å². The molecular weight excluding hydrogens is 195 g/mol. The molecule has 0 aliphatic rings. The van der Waals surface area contributed by atoms with Crippen molar-refractivity contribution in [2.75, 3.05) is 6.66 Å². The predicted octanol–water partition coefficient (Wildman–Crippen LogP) is 3.22. The van der Waals surface area contributed by atoms with Crippen LogP contribution in [0.3, 0.4) is 0 Å². The van der Waals surface area contributed by atoms with Gasteiger partial charge in [-0.15, -0.1) is 0 Å². The maximum atomic E-state index is 5.76. The van der Waals surface area contributed by atoms with E-state index in [-0.39, 0.29) is 5.16 Å². The van der Waals surface area contributed by atoms with Gasteiger partial charge in [-0.25, -0.2) is 0 Å². The highest BCUT2D eigenvalue weighted by atomic mass is 32.4. The highest BCUT2D eigenvalue weighted by Crippen LogP contribution is 2.53. The van der Waals surface area contributed by atoms with Gasteiger partial charge >= 0.3 is 0 Å². The summed E-state index contributed by atoms with van der Waals surface area (Å²) >= 11 is 5.76. The molecule has 0 aliphatic heterocycles.